The summed E-state index contributed by atoms with van der Waals surface area (Å²) in [4.78, 5) is 0. The Balaban J connectivity index is 0.000000315. The minimum atomic E-state index is 0.0370. The maximum atomic E-state index is 5.09. The molecule has 3 nitrogen and oxygen atoms in total. The molecule has 16 heavy (non-hydrogen) atoms. The summed E-state index contributed by atoms with van der Waals surface area (Å²) in [7, 11) is 4.96. The van der Waals surface area contributed by atoms with Crippen LogP contribution in [0.25, 0.3) is 0 Å². The monoisotopic (exact) mass is 232 g/mol. The first-order valence-electron chi connectivity index (χ1n) is 6.30. The molecular weight excluding hydrogens is 204 g/mol. The van der Waals surface area contributed by atoms with Crippen LogP contribution in [-0.4, -0.2) is 40.1 Å². The van der Waals surface area contributed by atoms with Gasteiger partial charge < -0.3 is 14.2 Å². The lowest BCUT2D eigenvalue weighted by atomic mass is 10.0. The van der Waals surface area contributed by atoms with Crippen LogP contribution >= 0.6 is 0 Å². The molecule has 0 N–H and O–H groups in total. The van der Waals surface area contributed by atoms with Crippen LogP contribution in [-0.2, 0) is 14.2 Å². The lowest BCUT2D eigenvalue weighted by molar-refractivity contribution is -0.0598. The smallest absolute Gasteiger partial charge is 0.106 e. The van der Waals surface area contributed by atoms with Gasteiger partial charge in [-0.1, -0.05) is 38.5 Å². The van der Waals surface area contributed by atoms with Crippen molar-refractivity contribution in [3.05, 3.63) is 0 Å². The molecule has 0 aromatic heterocycles. The van der Waals surface area contributed by atoms with Gasteiger partial charge in [-0.15, -0.1) is 0 Å². The van der Waals surface area contributed by atoms with Crippen molar-refractivity contribution in [3.63, 3.8) is 0 Å². The second kappa shape index (κ2) is 11.4. The maximum Gasteiger partial charge on any atom is 0.106 e. The molecule has 1 rings (SSSR count). The number of hydrogen-bond donors (Lipinski definition) is 0. The van der Waals surface area contributed by atoms with E-state index in [1.807, 2.05) is 6.92 Å². The molecule has 1 aliphatic rings. The third-order valence-electron chi connectivity index (χ3n) is 3.03. The first-order valence-corrected chi connectivity index (χ1v) is 6.30. The largest absolute Gasteiger partial charge is 0.382 e. The van der Waals surface area contributed by atoms with Crippen molar-refractivity contribution in [2.45, 2.75) is 57.7 Å². The van der Waals surface area contributed by atoms with Gasteiger partial charge in [-0.3, -0.25) is 0 Å². The summed E-state index contributed by atoms with van der Waals surface area (Å²) in [6, 6.07) is 0. The highest BCUT2D eigenvalue weighted by Crippen LogP contribution is 2.15. The van der Waals surface area contributed by atoms with Crippen LogP contribution in [0.15, 0.2) is 0 Å². The molecule has 0 bridgehead atoms. The lowest BCUT2D eigenvalue weighted by Crippen LogP contribution is -2.31. The van der Waals surface area contributed by atoms with E-state index in [-0.39, 0.29) is 12.2 Å². The van der Waals surface area contributed by atoms with Crippen molar-refractivity contribution >= 4 is 0 Å². The fourth-order valence-electron chi connectivity index (χ4n) is 1.77. The van der Waals surface area contributed by atoms with E-state index in [9.17, 15) is 0 Å². The first kappa shape index (κ1) is 15.9. The summed E-state index contributed by atoms with van der Waals surface area (Å²) in [5, 5.41) is 0. The molecule has 0 aromatic carbocycles. The molecule has 1 fully saturated rings. The van der Waals surface area contributed by atoms with Gasteiger partial charge in [0.25, 0.3) is 0 Å². The number of hydrogen-bond acceptors (Lipinski definition) is 3. The topological polar surface area (TPSA) is 27.7 Å². The summed E-state index contributed by atoms with van der Waals surface area (Å²) in [5.74, 6) is 0. The lowest BCUT2D eigenvalue weighted by Gasteiger charge is -2.19. The average molecular weight is 232 g/mol. The van der Waals surface area contributed by atoms with Crippen LogP contribution in [0.3, 0.4) is 0 Å². The van der Waals surface area contributed by atoms with E-state index in [2.05, 4.69) is 0 Å². The Morgan fingerprint density at radius 1 is 0.812 bits per heavy atom. The van der Waals surface area contributed by atoms with E-state index in [1.165, 1.54) is 38.5 Å². The number of methoxy groups -OCH3 is 3. The van der Waals surface area contributed by atoms with Gasteiger partial charge in [0.15, 0.2) is 0 Å². The van der Waals surface area contributed by atoms with Gasteiger partial charge in [0, 0.05) is 21.3 Å². The maximum absolute atomic E-state index is 5.09. The fraction of sp³-hybridized carbons (Fsp3) is 1.00. The predicted octanol–water partition coefficient (Wildman–Crippen LogP) is 3.02. The molecule has 98 valence electrons. The Kier molecular flexibility index (Phi) is 11.3. The minimum Gasteiger partial charge on any atom is -0.382 e. The zero-order valence-corrected chi connectivity index (χ0v) is 11.3. The zero-order valence-electron chi connectivity index (χ0n) is 11.3. The van der Waals surface area contributed by atoms with E-state index < -0.39 is 0 Å². The van der Waals surface area contributed by atoms with Crippen molar-refractivity contribution in [1.82, 2.24) is 0 Å². The van der Waals surface area contributed by atoms with Gasteiger partial charge in [-0.2, -0.15) is 0 Å². The highest BCUT2D eigenvalue weighted by atomic mass is 16.6. The van der Waals surface area contributed by atoms with Gasteiger partial charge in [-0.25, -0.2) is 0 Å². The van der Waals surface area contributed by atoms with Gasteiger partial charge in [0.2, 0.25) is 0 Å². The highest BCUT2D eigenvalue weighted by Gasteiger charge is 2.14. The minimum absolute atomic E-state index is 0.0370. The Morgan fingerprint density at radius 3 is 1.50 bits per heavy atom. The van der Waals surface area contributed by atoms with Crippen LogP contribution in [0.5, 0.6) is 0 Å². The van der Waals surface area contributed by atoms with Crippen LogP contribution in [0.2, 0.25) is 0 Å². The first-order chi connectivity index (χ1) is 7.76. The van der Waals surface area contributed by atoms with Crippen molar-refractivity contribution in [3.8, 4) is 0 Å². The molecule has 0 heterocycles. The average Bonchev–Trinajstić information content (AvgIpc) is 2.38. The molecule has 1 saturated carbocycles. The van der Waals surface area contributed by atoms with Crippen LogP contribution in [0.1, 0.15) is 45.4 Å². The molecule has 0 amide bonds. The van der Waals surface area contributed by atoms with Gasteiger partial charge in [0.1, 0.15) is 6.10 Å². The van der Waals surface area contributed by atoms with E-state index in [0.717, 1.165) is 0 Å². The molecule has 2 atom stereocenters. The molecule has 2 unspecified atom stereocenters. The molecular formula is C13H28O3. The van der Waals surface area contributed by atoms with Crippen LogP contribution in [0, 0.1) is 0 Å². The second-order valence-electron chi connectivity index (χ2n) is 4.29. The van der Waals surface area contributed by atoms with Crippen molar-refractivity contribution in [2.75, 3.05) is 27.9 Å². The molecule has 0 saturated heterocycles. The zero-order chi connectivity index (χ0) is 12.2. The van der Waals surface area contributed by atoms with Crippen molar-refractivity contribution in [2.24, 2.45) is 0 Å². The van der Waals surface area contributed by atoms with E-state index in [1.54, 1.807) is 21.3 Å². The molecule has 0 aliphatic heterocycles. The van der Waals surface area contributed by atoms with Crippen LogP contribution < -0.4 is 0 Å². The third-order valence-corrected chi connectivity index (χ3v) is 3.03. The Labute approximate surface area is 100 Å². The summed E-state index contributed by atoms with van der Waals surface area (Å²) in [5.41, 5.74) is 0. The predicted molar refractivity (Wildman–Crippen MR) is 66.8 cm³/mol. The third kappa shape index (κ3) is 8.08. The van der Waals surface area contributed by atoms with Gasteiger partial charge in [-0.05, 0) is 6.92 Å². The molecule has 0 spiro atoms. The fourth-order valence-corrected chi connectivity index (χ4v) is 1.77. The Bertz CT molecular complexity index is 124. The van der Waals surface area contributed by atoms with Crippen molar-refractivity contribution < 1.29 is 14.2 Å². The molecule has 1 aliphatic carbocycles. The molecule has 3 heteroatoms. The summed E-state index contributed by atoms with van der Waals surface area (Å²) in [6.45, 7) is 2.53. The van der Waals surface area contributed by atoms with Gasteiger partial charge in [0.05, 0.1) is 12.7 Å². The normalized spacial score (nSPS) is 19.5. The summed E-state index contributed by atoms with van der Waals surface area (Å²) in [6.07, 6.45) is 9.12. The molecule has 0 radical (unpaired) electrons. The summed E-state index contributed by atoms with van der Waals surface area (Å²) < 4.78 is 15.1. The van der Waals surface area contributed by atoms with E-state index in [0.29, 0.717) is 6.61 Å². The highest BCUT2D eigenvalue weighted by molar-refractivity contribution is 4.63. The molecule has 0 aromatic rings. The number of ether oxygens (including phenoxy) is 3. The van der Waals surface area contributed by atoms with Gasteiger partial charge >= 0.3 is 0 Å². The standard InChI is InChI=1S/C7H16O3.C6H12/c1-6(9-3)7(10-4)5-8-2;1-2-4-6-5-3-1/h6-7H,5H2,1-4H3;1-6H2. The Hall–Kier alpha value is -0.120. The summed E-state index contributed by atoms with van der Waals surface area (Å²) >= 11 is 0. The number of rotatable bonds is 5. The second-order valence-corrected chi connectivity index (χ2v) is 4.29. The van der Waals surface area contributed by atoms with Crippen molar-refractivity contribution in [1.29, 1.82) is 0 Å². The SMILES string of the molecule is C1CCCCC1.COCC(OC)C(C)OC. The van der Waals surface area contributed by atoms with Crippen LogP contribution in [0.4, 0.5) is 0 Å². The van der Waals surface area contributed by atoms with E-state index in [4.69, 9.17) is 14.2 Å². The van der Waals surface area contributed by atoms with E-state index >= 15 is 0 Å². The Morgan fingerprint density at radius 2 is 1.25 bits per heavy atom. The quantitative estimate of drug-likeness (QED) is 0.729.